The molecule has 4 aromatic carbocycles. The van der Waals surface area contributed by atoms with Crippen molar-refractivity contribution < 1.29 is 25.9 Å². The molecule has 0 saturated heterocycles. The predicted octanol–water partition coefficient (Wildman–Crippen LogP) is 5.18. The summed E-state index contributed by atoms with van der Waals surface area (Å²) in [6.45, 7) is 0. The minimum absolute atomic E-state index is 0.224. The molecule has 0 atom stereocenters. The number of hydrogen-bond acceptors (Lipinski definition) is 4. The maximum absolute atomic E-state index is 12.3. The third-order valence-corrected chi connectivity index (χ3v) is 6.80. The van der Waals surface area contributed by atoms with Gasteiger partial charge in [0.1, 0.15) is 4.90 Å². The van der Waals surface area contributed by atoms with Gasteiger partial charge in [-0.05, 0) is 46.0 Å². The molecule has 0 aliphatic carbocycles. The van der Waals surface area contributed by atoms with Gasteiger partial charge in [0, 0.05) is 5.56 Å². The van der Waals surface area contributed by atoms with Crippen molar-refractivity contribution in [3.63, 3.8) is 0 Å². The van der Waals surface area contributed by atoms with Crippen LogP contribution in [0.3, 0.4) is 0 Å². The Morgan fingerprint density at radius 2 is 0.969 bits per heavy atom. The standard InChI is InChI=1S/C24H18O6S2/c25-31(26,27)20-13-11-19(12-14-20)24-22(32(28,29)30)16-15-21(17-7-3-1-4-8-17)23(24)18-9-5-2-6-10-18/h1-16H,(H,25,26,27)(H,28,29,30). The van der Waals surface area contributed by atoms with Gasteiger partial charge in [0.15, 0.2) is 0 Å². The van der Waals surface area contributed by atoms with E-state index in [-0.39, 0.29) is 15.4 Å². The van der Waals surface area contributed by atoms with E-state index >= 15 is 0 Å². The summed E-state index contributed by atoms with van der Waals surface area (Å²) in [6, 6.07) is 26.6. The van der Waals surface area contributed by atoms with Crippen LogP contribution in [0.1, 0.15) is 0 Å². The van der Waals surface area contributed by atoms with E-state index in [0.717, 1.165) is 11.1 Å². The molecule has 162 valence electrons. The zero-order chi connectivity index (χ0) is 22.9. The van der Waals surface area contributed by atoms with Gasteiger partial charge in [-0.2, -0.15) is 16.8 Å². The summed E-state index contributed by atoms with van der Waals surface area (Å²) in [7, 11) is -9.04. The molecule has 6 nitrogen and oxygen atoms in total. The van der Waals surface area contributed by atoms with Gasteiger partial charge in [0.25, 0.3) is 20.2 Å². The van der Waals surface area contributed by atoms with Crippen molar-refractivity contribution in [2.45, 2.75) is 9.79 Å². The van der Waals surface area contributed by atoms with Crippen molar-refractivity contribution in [3.05, 3.63) is 97.1 Å². The molecule has 0 spiro atoms. The predicted molar refractivity (Wildman–Crippen MR) is 122 cm³/mol. The summed E-state index contributed by atoms with van der Waals surface area (Å²) < 4.78 is 66.8. The van der Waals surface area contributed by atoms with Crippen molar-refractivity contribution in [2.75, 3.05) is 0 Å². The molecule has 0 unspecified atom stereocenters. The molecule has 4 rings (SSSR count). The number of hydrogen-bond donors (Lipinski definition) is 2. The fourth-order valence-corrected chi connectivity index (χ4v) is 4.84. The molecule has 0 saturated carbocycles. The third-order valence-electron chi connectivity index (χ3n) is 5.03. The fourth-order valence-electron chi connectivity index (χ4n) is 3.64. The van der Waals surface area contributed by atoms with Gasteiger partial charge in [-0.1, -0.05) is 78.9 Å². The van der Waals surface area contributed by atoms with E-state index in [2.05, 4.69) is 0 Å². The summed E-state index contributed by atoms with van der Waals surface area (Å²) >= 11 is 0. The molecule has 32 heavy (non-hydrogen) atoms. The topological polar surface area (TPSA) is 109 Å². The highest BCUT2D eigenvalue weighted by atomic mass is 32.2. The molecule has 0 radical (unpaired) electrons. The van der Waals surface area contributed by atoms with Gasteiger partial charge in [-0.3, -0.25) is 9.11 Å². The summed E-state index contributed by atoms with van der Waals surface area (Å²) in [4.78, 5) is -0.634. The quantitative estimate of drug-likeness (QED) is 0.392. The largest absolute Gasteiger partial charge is 0.295 e. The van der Waals surface area contributed by atoms with Crippen LogP contribution in [-0.4, -0.2) is 25.9 Å². The summed E-state index contributed by atoms with van der Waals surface area (Å²) in [6.07, 6.45) is 0. The molecule has 4 aromatic rings. The second-order valence-electron chi connectivity index (χ2n) is 7.07. The van der Waals surface area contributed by atoms with Gasteiger partial charge >= 0.3 is 0 Å². The Kier molecular flexibility index (Phi) is 5.70. The minimum Gasteiger partial charge on any atom is -0.282 e. The van der Waals surface area contributed by atoms with Crippen LogP contribution in [0.5, 0.6) is 0 Å². The van der Waals surface area contributed by atoms with Crippen molar-refractivity contribution >= 4 is 20.2 Å². The average Bonchev–Trinajstić information content (AvgIpc) is 2.78. The van der Waals surface area contributed by atoms with Crippen LogP contribution < -0.4 is 0 Å². The lowest BCUT2D eigenvalue weighted by Crippen LogP contribution is -2.04. The third kappa shape index (κ3) is 4.35. The highest BCUT2D eigenvalue weighted by Crippen LogP contribution is 2.43. The Bertz CT molecular complexity index is 1480. The Morgan fingerprint density at radius 3 is 1.47 bits per heavy atom. The monoisotopic (exact) mass is 466 g/mol. The van der Waals surface area contributed by atoms with E-state index in [1.165, 1.54) is 30.3 Å². The number of benzene rings is 4. The highest BCUT2D eigenvalue weighted by molar-refractivity contribution is 7.86. The van der Waals surface area contributed by atoms with Gasteiger partial charge < -0.3 is 0 Å². The first kappa shape index (κ1) is 21.9. The number of rotatable bonds is 5. The molecule has 0 aromatic heterocycles. The molecule has 0 aliphatic rings. The van der Waals surface area contributed by atoms with E-state index in [1.54, 1.807) is 6.07 Å². The zero-order valence-electron chi connectivity index (χ0n) is 16.6. The molecule has 0 heterocycles. The van der Waals surface area contributed by atoms with Gasteiger partial charge in [-0.15, -0.1) is 0 Å². The van der Waals surface area contributed by atoms with Crippen molar-refractivity contribution in [2.24, 2.45) is 0 Å². The second kappa shape index (κ2) is 8.33. The summed E-state index contributed by atoms with van der Waals surface area (Å²) in [5.74, 6) is 0. The van der Waals surface area contributed by atoms with Crippen LogP contribution in [-0.2, 0) is 20.2 Å². The lowest BCUT2D eigenvalue weighted by molar-refractivity contribution is 0.481. The van der Waals surface area contributed by atoms with E-state index in [9.17, 15) is 25.9 Å². The van der Waals surface area contributed by atoms with Crippen molar-refractivity contribution in [3.8, 4) is 33.4 Å². The van der Waals surface area contributed by atoms with Crippen LogP contribution in [0.15, 0.2) is 107 Å². The first-order chi connectivity index (χ1) is 15.2. The molecule has 0 aliphatic heterocycles. The van der Waals surface area contributed by atoms with E-state index in [4.69, 9.17) is 0 Å². The molecular formula is C24H18O6S2. The Morgan fingerprint density at radius 1 is 0.469 bits per heavy atom. The molecule has 0 bridgehead atoms. The smallest absolute Gasteiger partial charge is 0.282 e. The average molecular weight is 467 g/mol. The molecule has 2 N–H and O–H groups in total. The Hall–Kier alpha value is -3.30. The van der Waals surface area contributed by atoms with E-state index < -0.39 is 20.2 Å². The zero-order valence-corrected chi connectivity index (χ0v) is 18.2. The van der Waals surface area contributed by atoms with Crippen LogP contribution in [0, 0.1) is 0 Å². The summed E-state index contributed by atoms with van der Waals surface area (Å²) in [5.41, 5.74) is 3.43. The van der Waals surface area contributed by atoms with Gasteiger partial charge in [0.2, 0.25) is 0 Å². The van der Waals surface area contributed by atoms with Gasteiger partial charge in [0.05, 0.1) is 4.90 Å². The first-order valence-corrected chi connectivity index (χ1v) is 12.4. The SMILES string of the molecule is O=S(=O)(O)c1ccc(-c2c(S(=O)(=O)O)ccc(-c3ccccc3)c2-c2ccccc2)cc1. The molecule has 0 amide bonds. The van der Waals surface area contributed by atoms with Crippen LogP contribution >= 0.6 is 0 Å². The fraction of sp³-hybridized carbons (Fsp3) is 0. The van der Waals surface area contributed by atoms with Gasteiger partial charge in [-0.25, -0.2) is 0 Å². The lowest BCUT2D eigenvalue weighted by Gasteiger charge is -2.19. The van der Waals surface area contributed by atoms with E-state index in [1.807, 2.05) is 60.7 Å². The molecule has 8 heteroatoms. The second-order valence-corrected chi connectivity index (χ2v) is 9.88. The highest BCUT2D eigenvalue weighted by Gasteiger charge is 2.24. The van der Waals surface area contributed by atoms with Crippen molar-refractivity contribution in [1.82, 2.24) is 0 Å². The maximum Gasteiger partial charge on any atom is 0.295 e. The van der Waals surface area contributed by atoms with Crippen LogP contribution in [0.2, 0.25) is 0 Å². The molecule has 0 fully saturated rings. The first-order valence-electron chi connectivity index (χ1n) is 9.49. The van der Waals surface area contributed by atoms with E-state index in [0.29, 0.717) is 16.7 Å². The lowest BCUT2D eigenvalue weighted by atomic mass is 9.87. The Labute approximate surface area is 186 Å². The maximum atomic E-state index is 12.3. The molecular weight excluding hydrogens is 448 g/mol. The summed E-state index contributed by atoms with van der Waals surface area (Å²) in [5, 5.41) is 0. The Balaban J connectivity index is 2.13. The van der Waals surface area contributed by atoms with Crippen LogP contribution in [0.25, 0.3) is 33.4 Å². The van der Waals surface area contributed by atoms with Crippen LogP contribution in [0.4, 0.5) is 0 Å². The minimum atomic E-state index is -4.62. The van der Waals surface area contributed by atoms with Crippen molar-refractivity contribution in [1.29, 1.82) is 0 Å². The normalized spacial score (nSPS) is 11.9.